The highest BCUT2D eigenvalue weighted by Gasteiger charge is 2.15. The van der Waals surface area contributed by atoms with Crippen LogP contribution >= 0.6 is 0 Å². The lowest BCUT2D eigenvalue weighted by Crippen LogP contribution is -2.26. The van der Waals surface area contributed by atoms with Crippen LogP contribution in [0.2, 0.25) is 0 Å². The van der Waals surface area contributed by atoms with Crippen LogP contribution in [0, 0.1) is 0 Å². The Bertz CT molecular complexity index is 628. The van der Waals surface area contributed by atoms with Crippen molar-refractivity contribution in [2.45, 2.75) is 6.42 Å². The fourth-order valence-electron chi connectivity index (χ4n) is 2.14. The lowest BCUT2D eigenvalue weighted by molar-refractivity contribution is 0.0948. The van der Waals surface area contributed by atoms with Gasteiger partial charge in [0.25, 0.3) is 5.91 Å². The molecule has 0 aliphatic carbocycles. The maximum absolute atomic E-state index is 12.2. The third-order valence-corrected chi connectivity index (χ3v) is 3.27. The summed E-state index contributed by atoms with van der Waals surface area (Å²) in [5, 5.41) is 2.86. The summed E-state index contributed by atoms with van der Waals surface area (Å²) in [7, 11) is 3.06. The van der Waals surface area contributed by atoms with Crippen LogP contribution in [-0.2, 0) is 0 Å². The number of carbonyl (C=O) groups excluding carboxylic acids is 1. The SMILES string of the molecule is COc1cccc(C(=O)NCCCOc2ccccc2)c1OC. The molecule has 0 heterocycles. The zero-order chi connectivity index (χ0) is 16.5. The van der Waals surface area contributed by atoms with Crippen LogP contribution in [0.4, 0.5) is 0 Å². The topological polar surface area (TPSA) is 56.8 Å². The number of hydrogen-bond acceptors (Lipinski definition) is 4. The highest BCUT2D eigenvalue weighted by Crippen LogP contribution is 2.30. The average molecular weight is 315 g/mol. The number of para-hydroxylation sites is 2. The average Bonchev–Trinajstić information content (AvgIpc) is 2.61. The molecule has 0 saturated carbocycles. The van der Waals surface area contributed by atoms with Gasteiger partial charge in [0.05, 0.1) is 26.4 Å². The monoisotopic (exact) mass is 315 g/mol. The molecule has 0 aliphatic heterocycles. The van der Waals surface area contributed by atoms with Gasteiger partial charge in [-0.15, -0.1) is 0 Å². The van der Waals surface area contributed by atoms with Crippen molar-refractivity contribution in [2.24, 2.45) is 0 Å². The van der Waals surface area contributed by atoms with E-state index < -0.39 is 0 Å². The van der Waals surface area contributed by atoms with Crippen molar-refractivity contribution in [3.63, 3.8) is 0 Å². The summed E-state index contributed by atoms with van der Waals surface area (Å²) in [6.07, 6.45) is 0.715. The molecular formula is C18H21NO4. The van der Waals surface area contributed by atoms with Gasteiger partial charge in [-0.1, -0.05) is 24.3 Å². The van der Waals surface area contributed by atoms with Crippen LogP contribution in [0.3, 0.4) is 0 Å². The first-order chi connectivity index (χ1) is 11.3. The van der Waals surface area contributed by atoms with Gasteiger partial charge in [-0.25, -0.2) is 0 Å². The van der Waals surface area contributed by atoms with Gasteiger partial charge in [0.15, 0.2) is 11.5 Å². The zero-order valence-corrected chi connectivity index (χ0v) is 13.4. The number of methoxy groups -OCH3 is 2. The second kappa shape index (κ2) is 8.68. The van der Waals surface area contributed by atoms with E-state index in [1.807, 2.05) is 30.3 Å². The van der Waals surface area contributed by atoms with Crippen LogP contribution in [0.25, 0.3) is 0 Å². The second-order valence-electron chi connectivity index (χ2n) is 4.81. The van der Waals surface area contributed by atoms with Crippen molar-refractivity contribution in [2.75, 3.05) is 27.4 Å². The van der Waals surface area contributed by atoms with Gasteiger partial charge in [-0.2, -0.15) is 0 Å². The Morgan fingerprint density at radius 2 is 1.78 bits per heavy atom. The van der Waals surface area contributed by atoms with E-state index in [4.69, 9.17) is 14.2 Å². The molecule has 0 aliphatic rings. The van der Waals surface area contributed by atoms with Crippen molar-refractivity contribution in [3.05, 3.63) is 54.1 Å². The van der Waals surface area contributed by atoms with E-state index in [0.717, 1.165) is 5.75 Å². The van der Waals surface area contributed by atoms with Crippen molar-refractivity contribution in [1.82, 2.24) is 5.32 Å². The Kier molecular flexibility index (Phi) is 6.29. The molecule has 0 radical (unpaired) electrons. The van der Waals surface area contributed by atoms with Crippen molar-refractivity contribution >= 4 is 5.91 Å². The van der Waals surface area contributed by atoms with Crippen molar-refractivity contribution in [1.29, 1.82) is 0 Å². The second-order valence-corrected chi connectivity index (χ2v) is 4.81. The normalized spacial score (nSPS) is 10.0. The maximum atomic E-state index is 12.2. The number of ether oxygens (including phenoxy) is 3. The predicted molar refractivity (Wildman–Crippen MR) is 88.4 cm³/mol. The quantitative estimate of drug-likeness (QED) is 0.761. The van der Waals surface area contributed by atoms with Gasteiger partial charge < -0.3 is 19.5 Å². The molecular weight excluding hydrogens is 294 g/mol. The summed E-state index contributed by atoms with van der Waals surface area (Å²) >= 11 is 0. The fraction of sp³-hybridized carbons (Fsp3) is 0.278. The number of carbonyl (C=O) groups is 1. The Morgan fingerprint density at radius 1 is 1.00 bits per heavy atom. The highest BCUT2D eigenvalue weighted by atomic mass is 16.5. The molecule has 2 rings (SSSR count). The molecule has 0 saturated heterocycles. The molecule has 0 fully saturated rings. The number of hydrogen-bond donors (Lipinski definition) is 1. The van der Waals surface area contributed by atoms with Gasteiger partial charge >= 0.3 is 0 Å². The minimum absolute atomic E-state index is 0.194. The molecule has 5 heteroatoms. The summed E-state index contributed by atoms with van der Waals surface area (Å²) in [5.74, 6) is 1.61. The first kappa shape index (κ1) is 16.7. The molecule has 2 aromatic carbocycles. The summed E-state index contributed by atoms with van der Waals surface area (Å²) in [6, 6.07) is 14.8. The Balaban J connectivity index is 1.81. The number of nitrogens with one attached hydrogen (secondary N) is 1. The number of amides is 1. The van der Waals surface area contributed by atoms with Crippen LogP contribution in [0.1, 0.15) is 16.8 Å². The molecule has 1 N–H and O–H groups in total. The number of benzene rings is 2. The van der Waals surface area contributed by atoms with Crippen LogP contribution in [-0.4, -0.2) is 33.3 Å². The van der Waals surface area contributed by atoms with E-state index in [1.165, 1.54) is 7.11 Å². The summed E-state index contributed by atoms with van der Waals surface area (Å²) in [5.41, 5.74) is 0.454. The van der Waals surface area contributed by atoms with E-state index in [1.54, 1.807) is 25.3 Å². The van der Waals surface area contributed by atoms with Crippen molar-refractivity contribution in [3.8, 4) is 17.2 Å². The molecule has 0 aromatic heterocycles. The molecule has 2 aromatic rings. The summed E-state index contributed by atoms with van der Waals surface area (Å²) < 4.78 is 16.0. The maximum Gasteiger partial charge on any atom is 0.255 e. The Morgan fingerprint density at radius 3 is 2.48 bits per heavy atom. The van der Waals surface area contributed by atoms with Crippen LogP contribution in [0.15, 0.2) is 48.5 Å². The summed E-state index contributed by atoms with van der Waals surface area (Å²) in [4.78, 5) is 12.2. The lowest BCUT2D eigenvalue weighted by atomic mass is 10.1. The molecule has 0 atom stereocenters. The summed E-state index contributed by atoms with van der Waals surface area (Å²) in [6.45, 7) is 1.06. The van der Waals surface area contributed by atoms with E-state index in [-0.39, 0.29) is 5.91 Å². The molecule has 5 nitrogen and oxygen atoms in total. The van der Waals surface area contributed by atoms with E-state index in [9.17, 15) is 4.79 Å². The number of rotatable bonds is 8. The van der Waals surface area contributed by atoms with Crippen LogP contribution < -0.4 is 19.5 Å². The highest BCUT2D eigenvalue weighted by molar-refractivity contribution is 5.97. The molecule has 1 amide bonds. The fourth-order valence-corrected chi connectivity index (χ4v) is 2.14. The van der Waals surface area contributed by atoms with Gasteiger partial charge in [-0.3, -0.25) is 4.79 Å². The standard InChI is InChI=1S/C18H21NO4/c1-21-16-11-6-10-15(17(16)22-2)18(20)19-12-7-13-23-14-8-4-3-5-9-14/h3-6,8-11H,7,12-13H2,1-2H3,(H,19,20). The van der Waals surface area contributed by atoms with E-state index in [2.05, 4.69) is 5.32 Å². The molecule has 122 valence electrons. The smallest absolute Gasteiger partial charge is 0.255 e. The van der Waals surface area contributed by atoms with E-state index >= 15 is 0 Å². The van der Waals surface area contributed by atoms with Gasteiger partial charge in [0.2, 0.25) is 0 Å². The molecule has 0 unspecified atom stereocenters. The van der Waals surface area contributed by atoms with E-state index in [0.29, 0.717) is 36.6 Å². The molecule has 0 bridgehead atoms. The third kappa shape index (κ3) is 4.64. The Labute approximate surface area is 136 Å². The third-order valence-electron chi connectivity index (χ3n) is 3.27. The molecule has 23 heavy (non-hydrogen) atoms. The van der Waals surface area contributed by atoms with Gasteiger partial charge in [-0.05, 0) is 30.7 Å². The minimum Gasteiger partial charge on any atom is -0.494 e. The minimum atomic E-state index is -0.194. The van der Waals surface area contributed by atoms with Crippen LogP contribution in [0.5, 0.6) is 17.2 Å². The van der Waals surface area contributed by atoms with Gasteiger partial charge in [0, 0.05) is 6.54 Å². The zero-order valence-electron chi connectivity index (χ0n) is 13.4. The van der Waals surface area contributed by atoms with Gasteiger partial charge in [0.1, 0.15) is 5.75 Å². The predicted octanol–water partition coefficient (Wildman–Crippen LogP) is 2.90. The van der Waals surface area contributed by atoms with Crippen molar-refractivity contribution < 1.29 is 19.0 Å². The first-order valence-corrected chi connectivity index (χ1v) is 7.43. The largest absolute Gasteiger partial charge is 0.494 e. The first-order valence-electron chi connectivity index (χ1n) is 7.43. The Hall–Kier alpha value is -2.69. The molecule has 0 spiro atoms. The lowest BCUT2D eigenvalue weighted by Gasteiger charge is -2.12.